The molecule has 1 atom stereocenters. The first-order chi connectivity index (χ1) is 15.5. The molecule has 0 saturated carbocycles. The van der Waals surface area contributed by atoms with Gasteiger partial charge in [0.05, 0.1) is 11.6 Å². The van der Waals surface area contributed by atoms with Crippen molar-refractivity contribution in [2.45, 2.75) is 25.8 Å². The van der Waals surface area contributed by atoms with Crippen molar-refractivity contribution in [3.05, 3.63) is 113 Å². The Morgan fingerprint density at radius 2 is 1.72 bits per heavy atom. The number of rotatable bonds is 7. The highest BCUT2D eigenvalue weighted by molar-refractivity contribution is 6.00. The normalized spacial score (nSPS) is 11.8. The second kappa shape index (κ2) is 9.52. The summed E-state index contributed by atoms with van der Waals surface area (Å²) in [6.45, 7) is 1.86. The van der Waals surface area contributed by atoms with E-state index >= 15 is 0 Å². The average Bonchev–Trinajstić information content (AvgIpc) is 2.79. The Labute approximate surface area is 186 Å². The fourth-order valence-corrected chi connectivity index (χ4v) is 3.84. The Bertz CT molecular complexity index is 1270. The van der Waals surface area contributed by atoms with Gasteiger partial charge in [-0.3, -0.25) is 14.6 Å². The van der Waals surface area contributed by atoms with Gasteiger partial charge in [0.25, 0.3) is 5.91 Å². The average molecular weight is 426 g/mol. The van der Waals surface area contributed by atoms with Crippen LogP contribution in [0.3, 0.4) is 0 Å². The highest BCUT2D eigenvalue weighted by Gasteiger charge is 2.23. The number of carbonyl (C=O) groups excluding carboxylic acids is 2. The summed E-state index contributed by atoms with van der Waals surface area (Å²) in [4.78, 5) is 30.5. The first-order valence-corrected chi connectivity index (χ1v) is 10.5. The Morgan fingerprint density at radius 3 is 2.50 bits per heavy atom. The molecule has 4 nitrogen and oxygen atoms in total. The van der Waals surface area contributed by atoms with Crippen LogP contribution in [0.2, 0.25) is 0 Å². The summed E-state index contributed by atoms with van der Waals surface area (Å²) in [5.41, 5.74) is 3.35. The quantitative estimate of drug-likeness (QED) is 0.460. The van der Waals surface area contributed by atoms with Crippen LogP contribution in [-0.4, -0.2) is 22.7 Å². The number of amides is 1. The number of fused-ring (bicyclic) bond motifs is 1. The molecular formula is C27H23FN2O2. The minimum absolute atomic E-state index is 0.00843. The maximum absolute atomic E-state index is 14.2. The van der Waals surface area contributed by atoms with E-state index in [0.717, 1.165) is 16.5 Å². The van der Waals surface area contributed by atoms with Crippen molar-refractivity contribution < 1.29 is 14.0 Å². The number of carbonyl (C=O) groups is 2. The molecule has 1 unspecified atom stereocenters. The van der Waals surface area contributed by atoms with Gasteiger partial charge in [-0.15, -0.1) is 0 Å². The van der Waals surface area contributed by atoms with Gasteiger partial charge in [-0.1, -0.05) is 54.6 Å². The molecule has 3 aromatic carbocycles. The molecule has 4 rings (SSSR count). The number of ketones is 1. The lowest BCUT2D eigenvalue weighted by Gasteiger charge is -2.19. The molecule has 5 heteroatoms. The van der Waals surface area contributed by atoms with Gasteiger partial charge < -0.3 is 5.32 Å². The lowest BCUT2D eigenvalue weighted by Crippen LogP contribution is -2.43. The molecular weight excluding hydrogens is 403 g/mol. The molecule has 1 amide bonds. The van der Waals surface area contributed by atoms with Gasteiger partial charge >= 0.3 is 0 Å². The molecule has 0 aliphatic carbocycles. The lowest BCUT2D eigenvalue weighted by atomic mass is 9.95. The van der Waals surface area contributed by atoms with Crippen molar-refractivity contribution in [1.82, 2.24) is 10.3 Å². The molecule has 0 radical (unpaired) electrons. The summed E-state index contributed by atoms with van der Waals surface area (Å²) < 4.78 is 14.2. The summed E-state index contributed by atoms with van der Waals surface area (Å²) in [5, 5.41) is 3.64. The number of benzene rings is 3. The highest BCUT2D eigenvalue weighted by atomic mass is 19.1. The van der Waals surface area contributed by atoms with Crippen LogP contribution in [-0.2, 0) is 17.6 Å². The summed E-state index contributed by atoms with van der Waals surface area (Å²) in [5.74, 6) is -0.933. The van der Waals surface area contributed by atoms with E-state index in [-0.39, 0.29) is 18.1 Å². The van der Waals surface area contributed by atoms with Gasteiger partial charge in [0.15, 0.2) is 5.78 Å². The van der Waals surface area contributed by atoms with E-state index in [1.807, 2.05) is 55.5 Å². The maximum atomic E-state index is 14.2. The predicted molar refractivity (Wildman–Crippen MR) is 123 cm³/mol. The van der Waals surface area contributed by atoms with Gasteiger partial charge in [0.1, 0.15) is 5.82 Å². The van der Waals surface area contributed by atoms with E-state index in [2.05, 4.69) is 10.3 Å². The molecule has 0 bridgehead atoms. The smallest absolute Gasteiger partial charge is 0.252 e. The number of nitrogens with one attached hydrogen (secondary N) is 1. The molecule has 1 aromatic heterocycles. The van der Waals surface area contributed by atoms with Crippen molar-refractivity contribution in [2.75, 3.05) is 0 Å². The van der Waals surface area contributed by atoms with Crippen molar-refractivity contribution in [3.63, 3.8) is 0 Å². The Hall–Kier alpha value is -3.86. The summed E-state index contributed by atoms with van der Waals surface area (Å²) in [6, 6.07) is 22.3. The molecule has 4 aromatic rings. The van der Waals surface area contributed by atoms with Gasteiger partial charge in [-0.25, -0.2) is 4.39 Å². The summed E-state index contributed by atoms with van der Waals surface area (Å²) in [6.07, 6.45) is 1.93. The minimum Gasteiger partial charge on any atom is -0.342 e. The van der Waals surface area contributed by atoms with Crippen molar-refractivity contribution in [3.8, 4) is 0 Å². The third-order valence-electron chi connectivity index (χ3n) is 5.50. The number of halogens is 1. The van der Waals surface area contributed by atoms with Crippen molar-refractivity contribution in [2.24, 2.45) is 0 Å². The fraction of sp³-hybridized carbons (Fsp3) is 0.148. The van der Waals surface area contributed by atoms with Crippen LogP contribution in [0.1, 0.15) is 27.0 Å². The van der Waals surface area contributed by atoms with Crippen LogP contribution >= 0.6 is 0 Å². The monoisotopic (exact) mass is 426 g/mol. The minimum atomic E-state index is -0.750. The van der Waals surface area contributed by atoms with Gasteiger partial charge in [0.2, 0.25) is 0 Å². The lowest BCUT2D eigenvalue weighted by molar-refractivity contribution is -0.120. The standard InChI is InChI=1S/C27H23FN2O2/c1-18-8-5-6-11-22(18)27(32)30-25(14-19-9-3-2-4-10-19)26(31)16-20-15-21(28)17-24-23(20)12-7-13-29-24/h2-13,15,17,25H,14,16H2,1H3,(H,30,32). The summed E-state index contributed by atoms with van der Waals surface area (Å²) >= 11 is 0. The zero-order valence-electron chi connectivity index (χ0n) is 17.7. The SMILES string of the molecule is Cc1ccccc1C(=O)NC(Cc1ccccc1)C(=O)Cc1cc(F)cc2ncccc12. The molecule has 0 aliphatic heterocycles. The van der Waals surface area contributed by atoms with Gasteiger partial charge in [0, 0.05) is 29.6 Å². The zero-order chi connectivity index (χ0) is 22.5. The molecule has 160 valence electrons. The van der Waals surface area contributed by atoms with Crippen LogP contribution in [0.25, 0.3) is 10.9 Å². The molecule has 0 fully saturated rings. The van der Waals surface area contributed by atoms with Crippen LogP contribution in [0.15, 0.2) is 85.1 Å². The first kappa shape index (κ1) is 21.4. The number of aryl methyl sites for hydroxylation is 1. The van der Waals surface area contributed by atoms with E-state index < -0.39 is 11.9 Å². The Morgan fingerprint density at radius 1 is 0.969 bits per heavy atom. The molecule has 0 aliphatic rings. The largest absolute Gasteiger partial charge is 0.342 e. The fourth-order valence-electron chi connectivity index (χ4n) is 3.84. The number of Topliss-reactive ketones (excluding diaryl/α,β-unsaturated/α-hetero) is 1. The van der Waals surface area contributed by atoms with E-state index in [0.29, 0.717) is 23.1 Å². The number of aromatic nitrogens is 1. The number of hydrogen-bond acceptors (Lipinski definition) is 3. The molecule has 32 heavy (non-hydrogen) atoms. The van der Waals surface area contributed by atoms with Crippen molar-refractivity contribution in [1.29, 1.82) is 0 Å². The first-order valence-electron chi connectivity index (χ1n) is 10.5. The number of nitrogens with zero attached hydrogens (tertiary/aromatic N) is 1. The highest BCUT2D eigenvalue weighted by Crippen LogP contribution is 2.20. The van der Waals surface area contributed by atoms with Gasteiger partial charge in [-0.2, -0.15) is 0 Å². The molecule has 0 spiro atoms. The summed E-state index contributed by atoms with van der Waals surface area (Å²) in [7, 11) is 0. The van der Waals surface area contributed by atoms with E-state index in [1.165, 1.54) is 12.1 Å². The molecule has 1 heterocycles. The molecule has 1 N–H and O–H groups in total. The second-order valence-electron chi connectivity index (χ2n) is 7.81. The molecule has 0 saturated heterocycles. The number of hydrogen-bond donors (Lipinski definition) is 1. The topological polar surface area (TPSA) is 59.1 Å². The third-order valence-corrected chi connectivity index (χ3v) is 5.50. The van der Waals surface area contributed by atoms with Crippen molar-refractivity contribution >= 4 is 22.6 Å². The maximum Gasteiger partial charge on any atom is 0.252 e. The number of pyridine rings is 1. The van der Waals surface area contributed by atoms with E-state index in [9.17, 15) is 14.0 Å². The van der Waals surface area contributed by atoms with Crippen LogP contribution < -0.4 is 5.32 Å². The second-order valence-corrected chi connectivity index (χ2v) is 7.81. The zero-order valence-corrected chi connectivity index (χ0v) is 17.7. The van der Waals surface area contributed by atoms with E-state index in [1.54, 1.807) is 24.4 Å². The van der Waals surface area contributed by atoms with Crippen LogP contribution in [0.4, 0.5) is 4.39 Å². The predicted octanol–water partition coefficient (Wildman–Crippen LogP) is 4.84. The Kier molecular flexibility index (Phi) is 6.36. The third kappa shape index (κ3) is 4.89. The Balaban J connectivity index is 1.63. The van der Waals surface area contributed by atoms with Gasteiger partial charge in [-0.05, 0) is 48.2 Å². The van der Waals surface area contributed by atoms with E-state index in [4.69, 9.17) is 0 Å². The van der Waals surface area contributed by atoms with Crippen LogP contribution in [0, 0.1) is 12.7 Å². The van der Waals surface area contributed by atoms with Crippen LogP contribution in [0.5, 0.6) is 0 Å².